The van der Waals surface area contributed by atoms with Crippen molar-refractivity contribution in [1.29, 1.82) is 0 Å². The molecule has 1 amide bonds. The van der Waals surface area contributed by atoms with Gasteiger partial charge in [-0.3, -0.25) is 4.79 Å². The van der Waals surface area contributed by atoms with Crippen LogP contribution in [0.4, 0.5) is 0 Å². The van der Waals surface area contributed by atoms with Crippen molar-refractivity contribution in [2.24, 2.45) is 5.41 Å². The third kappa shape index (κ3) is 2.06. The smallest absolute Gasteiger partial charge is 0.267 e. The lowest BCUT2D eigenvalue weighted by molar-refractivity contribution is -0.120. The molecule has 2 rings (SSSR count). The summed E-state index contributed by atoms with van der Waals surface area (Å²) in [5.74, 6) is 0.0418. The van der Waals surface area contributed by atoms with E-state index in [1.54, 1.807) is 0 Å². The Morgan fingerprint density at radius 3 is 3.00 bits per heavy atom. The first-order chi connectivity index (χ1) is 6.98. The van der Waals surface area contributed by atoms with Gasteiger partial charge in [-0.15, -0.1) is 0 Å². The maximum absolute atomic E-state index is 11.7. The van der Waals surface area contributed by atoms with Gasteiger partial charge in [-0.05, 0) is 17.9 Å². The molecule has 1 fully saturated rings. The predicted molar refractivity (Wildman–Crippen MR) is 60.2 cm³/mol. The Hall–Kier alpha value is -1.25. The first-order valence-electron chi connectivity index (χ1n) is 5.41. The minimum atomic E-state index is 0.0418. The number of piperazine rings is 1. The number of carbonyl (C=O) groups excluding carboxylic acids is 1. The molecule has 0 aliphatic carbocycles. The monoisotopic (exact) mass is 206 g/mol. The Bertz CT molecular complexity index is 342. The lowest BCUT2D eigenvalue weighted by Gasteiger charge is -2.35. The van der Waals surface area contributed by atoms with Gasteiger partial charge in [0, 0.05) is 19.6 Å². The topological polar surface area (TPSA) is 32.3 Å². The fraction of sp³-hybridized carbons (Fsp3) is 0.583. The molecule has 2 aliphatic heterocycles. The Kier molecular flexibility index (Phi) is 2.33. The molecule has 0 atom stereocenters. The van der Waals surface area contributed by atoms with Crippen LogP contribution in [0.15, 0.2) is 23.9 Å². The van der Waals surface area contributed by atoms with Crippen molar-refractivity contribution in [3.05, 3.63) is 23.9 Å². The van der Waals surface area contributed by atoms with Crippen LogP contribution in [0.25, 0.3) is 0 Å². The zero-order valence-electron chi connectivity index (χ0n) is 9.47. The maximum atomic E-state index is 11.7. The van der Waals surface area contributed by atoms with Crippen LogP contribution < -0.4 is 5.32 Å². The van der Waals surface area contributed by atoms with Crippen LogP contribution in [-0.2, 0) is 4.79 Å². The highest BCUT2D eigenvalue weighted by Crippen LogP contribution is 2.32. The Labute approximate surface area is 90.8 Å². The zero-order chi connectivity index (χ0) is 11.1. The third-order valence-electron chi connectivity index (χ3n) is 2.91. The van der Waals surface area contributed by atoms with E-state index in [0.29, 0.717) is 0 Å². The highest BCUT2D eigenvalue weighted by atomic mass is 16.2. The van der Waals surface area contributed by atoms with Gasteiger partial charge in [0.25, 0.3) is 5.91 Å². The van der Waals surface area contributed by atoms with Crippen LogP contribution in [0, 0.1) is 5.41 Å². The number of allylic oxidation sites excluding steroid dienone is 2. The molecule has 0 bridgehead atoms. The number of fused-ring (bicyclic) bond motifs is 1. The molecule has 15 heavy (non-hydrogen) atoms. The van der Waals surface area contributed by atoms with Crippen molar-refractivity contribution < 1.29 is 4.79 Å². The summed E-state index contributed by atoms with van der Waals surface area (Å²) < 4.78 is 0. The molecule has 0 unspecified atom stereocenters. The van der Waals surface area contributed by atoms with Gasteiger partial charge in [0.05, 0.1) is 0 Å². The number of carbonyl (C=O) groups is 1. The quantitative estimate of drug-likeness (QED) is 0.647. The van der Waals surface area contributed by atoms with Crippen LogP contribution in [0.5, 0.6) is 0 Å². The van der Waals surface area contributed by atoms with E-state index < -0.39 is 0 Å². The average molecular weight is 206 g/mol. The second-order valence-electron chi connectivity index (χ2n) is 5.21. The summed E-state index contributed by atoms with van der Waals surface area (Å²) in [5.41, 5.74) is 2.04. The minimum Gasteiger partial charge on any atom is -0.365 e. The summed E-state index contributed by atoms with van der Waals surface area (Å²) in [5, 5.41) is 2.87. The zero-order valence-corrected chi connectivity index (χ0v) is 9.47. The third-order valence-corrected chi connectivity index (χ3v) is 2.91. The van der Waals surface area contributed by atoms with Crippen molar-refractivity contribution in [3.8, 4) is 0 Å². The van der Waals surface area contributed by atoms with Gasteiger partial charge in [-0.2, -0.15) is 0 Å². The fourth-order valence-electron chi connectivity index (χ4n) is 2.41. The van der Waals surface area contributed by atoms with Crippen LogP contribution >= 0.6 is 0 Å². The Morgan fingerprint density at radius 2 is 2.27 bits per heavy atom. The number of amides is 1. The fourth-order valence-corrected chi connectivity index (χ4v) is 2.41. The lowest BCUT2D eigenvalue weighted by Crippen LogP contribution is -2.47. The van der Waals surface area contributed by atoms with Crippen molar-refractivity contribution in [1.82, 2.24) is 10.2 Å². The van der Waals surface area contributed by atoms with Crippen LogP contribution in [0.1, 0.15) is 20.3 Å². The lowest BCUT2D eigenvalue weighted by atomic mass is 9.86. The van der Waals surface area contributed by atoms with Crippen molar-refractivity contribution in [2.75, 3.05) is 19.6 Å². The summed E-state index contributed by atoms with van der Waals surface area (Å²) in [4.78, 5) is 13.9. The maximum Gasteiger partial charge on any atom is 0.267 e. The second kappa shape index (κ2) is 3.40. The van der Waals surface area contributed by atoms with E-state index in [1.807, 2.05) is 6.08 Å². The molecular weight excluding hydrogens is 188 g/mol. The van der Waals surface area contributed by atoms with E-state index >= 15 is 0 Å². The van der Waals surface area contributed by atoms with Crippen molar-refractivity contribution in [3.63, 3.8) is 0 Å². The van der Waals surface area contributed by atoms with Gasteiger partial charge in [-0.25, -0.2) is 0 Å². The standard InChI is InChI=1S/C12H18N2O/c1-9-6-10-11(15)13-4-5-14(10)8-12(2,3)7-9/h6H,1,4-5,7-8H2,2-3H3,(H,13,15). The number of hydrogen-bond acceptors (Lipinski definition) is 2. The molecular formula is C12H18N2O. The second-order valence-corrected chi connectivity index (χ2v) is 5.21. The minimum absolute atomic E-state index is 0.0418. The summed E-state index contributed by atoms with van der Waals surface area (Å²) in [6.07, 6.45) is 2.89. The van der Waals surface area contributed by atoms with E-state index in [1.165, 1.54) is 0 Å². The van der Waals surface area contributed by atoms with E-state index in [0.717, 1.165) is 37.3 Å². The Morgan fingerprint density at radius 1 is 1.53 bits per heavy atom. The highest BCUT2D eigenvalue weighted by Gasteiger charge is 2.31. The summed E-state index contributed by atoms with van der Waals surface area (Å²) in [6, 6.07) is 0. The molecule has 82 valence electrons. The van der Waals surface area contributed by atoms with Crippen LogP contribution in [-0.4, -0.2) is 30.4 Å². The van der Waals surface area contributed by atoms with Gasteiger partial charge in [0.15, 0.2) is 0 Å². The van der Waals surface area contributed by atoms with E-state index in [4.69, 9.17) is 0 Å². The van der Waals surface area contributed by atoms with Gasteiger partial charge in [0.2, 0.25) is 0 Å². The van der Waals surface area contributed by atoms with Crippen LogP contribution in [0.3, 0.4) is 0 Å². The molecule has 1 saturated heterocycles. The summed E-state index contributed by atoms with van der Waals surface area (Å²) in [6.45, 7) is 11.1. The first-order valence-corrected chi connectivity index (χ1v) is 5.41. The molecule has 1 N–H and O–H groups in total. The average Bonchev–Trinajstić information content (AvgIpc) is 2.20. The summed E-state index contributed by atoms with van der Waals surface area (Å²) in [7, 11) is 0. The molecule has 0 aromatic heterocycles. The molecule has 0 radical (unpaired) electrons. The predicted octanol–water partition coefficient (Wildman–Crippen LogP) is 1.29. The molecule has 0 spiro atoms. The number of nitrogens with one attached hydrogen (secondary N) is 1. The highest BCUT2D eigenvalue weighted by molar-refractivity contribution is 5.94. The molecule has 3 heteroatoms. The van der Waals surface area contributed by atoms with Gasteiger partial charge < -0.3 is 10.2 Å². The number of nitrogens with zero attached hydrogens (tertiary/aromatic N) is 1. The summed E-state index contributed by atoms with van der Waals surface area (Å²) >= 11 is 0. The molecule has 0 saturated carbocycles. The van der Waals surface area contributed by atoms with Gasteiger partial charge in [-0.1, -0.05) is 26.0 Å². The first kappa shape index (κ1) is 10.3. The van der Waals surface area contributed by atoms with Gasteiger partial charge in [0.1, 0.15) is 5.70 Å². The number of hydrogen-bond donors (Lipinski definition) is 1. The molecule has 0 aromatic rings. The molecule has 3 nitrogen and oxygen atoms in total. The van der Waals surface area contributed by atoms with E-state index in [2.05, 4.69) is 30.6 Å². The van der Waals surface area contributed by atoms with Gasteiger partial charge >= 0.3 is 0 Å². The normalized spacial score (nSPS) is 25.2. The largest absolute Gasteiger partial charge is 0.365 e. The molecule has 2 aliphatic rings. The molecule has 0 aromatic carbocycles. The number of rotatable bonds is 0. The van der Waals surface area contributed by atoms with Crippen molar-refractivity contribution >= 4 is 5.91 Å². The van der Waals surface area contributed by atoms with Crippen LogP contribution in [0.2, 0.25) is 0 Å². The SMILES string of the molecule is C=C1C=C2C(=O)NCCN2CC(C)(C)C1. The van der Waals surface area contributed by atoms with Crippen molar-refractivity contribution in [2.45, 2.75) is 20.3 Å². The molecule has 2 heterocycles. The Balaban J connectivity index is 2.32. The van der Waals surface area contributed by atoms with E-state index in [9.17, 15) is 4.79 Å². The van der Waals surface area contributed by atoms with E-state index in [-0.39, 0.29) is 11.3 Å².